The number of ether oxygens (including phenoxy) is 2. The molecule has 1 rings (SSSR count). The number of halogens is 1. The first-order valence-corrected chi connectivity index (χ1v) is 14.1. The zero-order valence-electron chi connectivity index (χ0n) is 18.6. The van der Waals surface area contributed by atoms with Crippen LogP contribution in [0.15, 0.2) is 0 Å². The Kier molecular flexibility index (Phi) is 10.8. The van der Waals surface area contributed by atoms with Crippen molar-refractivity contribution in [2.75, 3.05) is 25.7 Å². The molecule has 1 heterocycles. The van der Waals surface area contributed by atoms with Crippen LogP contribution in [0.4, 0.5) is 0 Å². The Morgan fingerprint density at radius 1 is 1.15 bits per heavy atom. The van der Waals surface area contributed by atoms with Gasteiger partial charge in [0.25, 0.3) is 0 Å². The summed E-state index contributed by atoms with van der Waals surface area (Å²) in [4.78, 5) is 0. The van der Waals surface area contributed by atoms with Crippen molar-refractivity contribution in [2.24, 2.45) is 17.8 Å². The molecule has 4 atom stereocenters. The average molecular weight is 423 g/mol. The third-order valence-electron chi connectivity index (χ3n) is 6.22. The van der Waals surface area contributed by atoms with Crippen LogP contribution in [0, 0.1) is 17.8 Å². The van der Waals surface area contributed by atoms with E-state index in [1.165, 1.54) is 0 Å². The molecule has 1 aliphatic heterocycles. The lowest BCUT2D eigenvalue weighted by Gasteiger charge is -2.44. The first-order chi connectivity index (χ1) is 12.5. The van der Waals surface area contributed by atoms with Gasteiger partial charge in [-0.05, 0) is 49.2 Å². The molecule has 4 nitrogen and oxygen atoms in total. The zero-order chi connectivity index (χ0) is 20.7. The molecule has 1 aliphatic rings. The van der Waals surface area contributed by atoms with Gasteiger partial charge < -0.3 is 19.0 Å². The van der Waals surface area contributed by atoms with Gasteiger partial charge in [0.15, 0.2) is 14.6 Å². The van der Waals surface area contributed by atoms with Gasteiger partial charge in [-0.15, -0.1) is 11.6 Å². The summed E-state index contributed by atoms with van der Waals surface area (Å²) in [5.74, 6) is 1.48. The highest BCUT2D eigenvalue weighted by molar-refractivity contribution is 6.74. The maximum atomic E-state index is 9.55. The monoisotopic (exact) mass is 422 g/mol. The lowest BCUT2D eigenvalue weighted by atomic mass is 9.83. The highest BCUT2D eigenvalue weighted by Gasteiger charge is 2.44. The largest absolute Gasteiger partial charge is 0.413 e. The summed E-state index contributed by atoms with van der Waals surface area (Å²) < 4.78 is 18.9. The Labute approximate surface area is 173 Å². The summed E-state index contributed by atoms with van der Waals surface area (Å²) in [7, 11) is -1.95. The highest BCUT2D eigenvalue weighted by atomic mass is 35.5. The van der Waals surface area contributed by atoms with Gasteiger partial charge in [0.1, 0.15) is 0 Å². The van der Waals surface area contributed by atoms with Crippen LogP contribution in [0.3, 0.4) is 0 Å². The normalized spacial score (nSPS) is 21.2. The number of alkyl halides is 1. The van der Waals surface area contributed by atoms with Crippen LogP contribution in [0.5, 0.6) is 0 Å². The molecule has 1 N–H and O–H groups in total. The number of hydrogen-bond acceptors (Lipinski definition) is 4. The predicted octanol–water partition coefficient (Wildman–Crippen LogP) is 5.43. The summed E-state index contributed by atoms with van der Waals surface area (Å²) in [6.45, 7) is 17.4. The maximum Gasteiger partial charge on any atom is 0.192 e. The van der Waals surface area contributed by atoms with Crippen molar-refractivity contribution in [3.05, 3.63) is 0 Å². The van der Waals surface area contributed by atoms with E-state index in [9.17, 15) is 5.11 Å². The zero-order valence-corrected chi connectivity index (χ0v) is 20.3. The van der Waals surface area contributed by atoms with E-state index in [1.54, 1.807) is 0 Å². The van der Waals surface area contributed by atoms with E-state index in [4.69, 9.17) is 25.5 Å². The van der Waals surface area contributed by atoms with Crippen LogP contribution in [-0.4, -0.2) is 51.5 Å². The second-order valence-corrected chi connectivity index (χ2v) is 14.9. The number of unbranched alkanes of at least 4 members (excludes halogenated alkanes) is 1. The van der Waals surface area contributed by atoms with E-state index in [2.05, 4.69) is 47.7 Å². The smallest absolute Gasteiger partial charge is 0.192 e. The minimum absolute atomic E-state index is 0.0679. The molecule has 0 aromatic carbocycles. The van der Waals surface area contributed by atoms with Crippen LogP contribution in [0.1, 0.15) is 60.3 Å². The fraction of sp³-hybridized carbons (Fsp3) is 1.00. The van der Waals surface area contributed by atoms with Crippen LogP contribution >= 0.6 is 11.6 Å². The van der Waals surface area contributed by atoms with E-state index in [-0.39, 0.29) is 35.9 Å². The molecule has 0 bridgehead atoms. The molecular weight excluding hydrogens is 380 g/mol. The molecule has 27 heavy (non-hydrogen) atoms. The van der Waals surface area contributed by atoms with Gasteiger partial charge in [-0.25, -0.2) is 0 Å². The van der Waals surface area contributed by atoms with Crippen LogP contribution in [-0.2, 0) is 13.9 Å². The van der Waals surface area contributed by atoms with E-state index in [0.29, 0.717) is 25.0 Å². The van der Waals surface area contributed by atoms with Crippen molar-refractivity contribution in [3.63, 3.8) is 0 Å². The molecule has 0 saturated carbocycles. The number of aliphatic hydroxyl groups excluding tert-OH is 1. The minimum Gasteiger partial charge on any atom is -0.413 e. The van der Waals surface area contributed by atoms with Crippen molar-refractivity contribution in [1.82, 2.24) is 0 Å². The van der Waals surface area contributed by atoms with Gasteiger partial charge in [0, 0.05) is 18.4 Å². The van der Waals surface area contributed by atoms with E-state index in [1.807, 2.05) is 0 Å². The predicted molar refractivity (Wildman–Crippen MR) is 116 cm³/mol. The van der Waals surface area contributed by atoms with Gasteiger partial charge in [-0.3, -0.25) is 0 Å². The molecular formula is C21H43ClO4Si. The fourth-order valence-corrected chi connectivity index (χ4v) is 5.17. The highest BCUT2D eigenvalue weighted by Crippen LogP contribution is 2.41. The van der Waals surface area contributed by atoms with Crippen LogP contribution in [0.25, 0.3) is 0 Å². The first kappa shape index (κ1) is 25.4. The molecule has 162 valence electrons. The first-order valence-electron chi connectivity index (χ1n) is 10.6. The lowest BCUT2D eigenvalue weighted by Crippen LogP contribution is -2.50. The van der Waals surface area contributed by atoms with Crippen molar-refractivity contribution in [1.29, 1.82) is 0 Å². The topological polar surface area (TPSA) is 47.9 Å². The van der Waals surface area contributed by atoms with E-state index in [0.717, 1.165) is 25.7 Å². The Balaban J connectivity index is 3.08. The number of rotatable bonds is 12. The van der Waals surface area contributed by atoms with Gasteiger partial charge in [-0.2, -0.15) is 0 Å². The van der Waals surface area contributed by atoms with Crippen molar-refractivity contribution in [3.8, 4) is 0 Å². The molecule has 0 aromatic heterocycles. The molecule has 0 radical (unpaired) electrons. The lowest BCUT2D eigenvalue weighted by molar-refractivity contribution is -0.127. The Morgan fingerprint density at radius 2 is 1.74 bits per heavy atom. The van der Waals surface area contributed by atoms with Crippen molar-refractivity contribution in [2.45, 2.75) is 90.8 Å². The molecule has 0 aliphatic carbocycles. The van der Waals surface area contributed by atoms with Gasteiger partial charge in [0.05, 0.1) is 19.3 Å². The maximum absolute atomic E-state index is 9.55. The average Bonchev–Trinajstić information content (AvgIpc) is 3.10. The van der Waals surface area contributed by atoms with Gasteiger partial charge in [-0.1, -0.05) is 41.0 Å². The molecule has 0 spiro atoms. The standard InChI is InChI=1S/C21H43ClO4Si/c1-16(15-23)14-17(2)19(26-27(6,7)21(3,4)5)18(10-8-9-11-22)20-24-12-13-25-20/h16-20,23H,8-15H2,1-7H3/t16-,17+,18-,19-/m1/s1. The Bertz CT molecular complexity index is 407. The second-order valence-electron chi connectivity index (χ2n) is 9.80. The SMILES string of the molecule is C[C@@H](CO)C[C@H](C)[C@@H](O[Si](C)(C)C(C)(C)C)[C@@H](CCCCCl)C1OCCO1. The molecule has 0 amide bonds. The number of aliphatic hydroxyl groups is 1. The molecule has 0 unspecified atom stereocenters. The van der Waals surface area contributed by atoms with E-state index < -0.39 is 8.32 Å². The van der Waals surface area contributed by atoms with Crippen molar-refractivity contribution >= 4 is 19.9 Å². The molecule has 6 heteroatoms. The summed E-state index contributed by atoms with van der Waals surface area (Å²) in [5.41, 5.74) is 0. The Hall–Kier alpha value is 0.347. The summed E-state index contributed by atoms with van der Waals surface area (Å²) in [6, 6.07) is 0. The summed E-state index contributed by atoms with van der Waals surface area (Å²) in [6.07, 6.45) is 3.86. The second kappa shape index (κ2) is 11.5. The molecule has 1 fully saturated rings. The van der Waals surface area contributed by atoms with E-state index >= 15 is 0 Å². The van der Waals surface area contributed by atoms with Gasteiger partial charge >= 0.3 is 0 Å². The van der Waals surface area contributed by atoms with Crippen molar-refractivity contribution < 1.29 is 19.0 Å². The van der Waals surface area contributed by atoms with Crippen LogP contribution < -0.4 is 0 Å². The quantitative estimate of drug-likeness (QED) is 0.259. The fourth-order valence-electron chi connectivity index (χ4n) is 3.54. The summed E-state index contributed by atoms with van der Waals surface area (Å²) >= 11 is 5.93. The van der Waals surface area contributed by atoms with Gasteiger partial charge in [0.2, 0.25) is 0 Å². The molecule has 0 aromatic rings. The van der Waals surface area contributed by atoms with Crippen LogP contribution in [0.2, 0.25) is 18.1 Å². The third kappa shape index (κ3) is 7.94. The minimum atomic E-state index is -1.95. The third-order valence-corrected chi connectivity index (χ3v) is 11.0. The molecule has 1 saturated heterocycles. The Morgan fingerprint density at radius 3 is 2.22 bits per heavy atom. The number of hydrogen-bond donors (Lipinski definition) is 1. The summed E-state index contributed by atoms with van der Waals surface area (Å²) in [5, 5.41) is 9.70.